The molecule has 2 saturated heterocycles. The quantitative estimate of drug-likeness (QED) is 0.532. The standard InChI is InChI=1S/C27H25F3N6O3/c28-27(29,30)26(38)39-36-23(16-21(17-31)24(36)34-13-9-32-10-14-34)20-7-8-33-22(15-20)18-3-5-19(6-4-18)25(37)35-11-1-2-12-35/h3-8,15-16,32H,1-2,9-14H2. The number of amides is 1. The van der Waals surface area contributed by atoms with Crippen LogP contribution in [0.25, 0.3) is 22.5 Å². The number of carbonyl (C=O) groups is 2. The number of anilines is 1. The third-order valence-corrected chi connectivity index (χ3v) is 6.75. The maximum Gasteiger partial charge on any atom is 0.493 e. The van der Waals surface area contributed by atoms with Crippen molar-refractivity contribution in [1.82, 2.24) is 19.9 Å². The number of nitrogens with one attached hydrogen (secondary N) is 1. The predicted molar refractivity (Wildman–Crippen MR) is 136 cm³/mol. The first kappa shape index (κ1) is 26.2. The van der Waals surface area contributed by atoms with Crippen LogP contribution >= 0.6 is 0 Å². The molecule has 2 fully saturated rings. The molecule has 2 aliphatic rings. The minimum atomic E-state index is -5.23. The van der Waals surface area contributed by atoms with Crippen molar-refractivity contribution in [1.29, 1.82) is 5.26 Å². The Balaban J connectivity index is 1.52. The van der Waals surface area contributed by atoms with Crippen LogP contribution in [-0.4, -0.2) is 71.9 Å². The molecule has 0 spiro atoms. The van der Waals surface area contributed by atoms with Crippen LogP contribution in [-0.2, 0) is 4.79 Å². The molecular weight excluding hydrogens is 513 g/mol. The van der Waals surface area contributed by atoms with Gasteiger partial charge in [0.05, 0.1) is 17.0 Å². The minimum Gasteiger partial charge on any atom is -0.352 e. The average Bonchev–Trinajstić information content (AvgIpc) is 3.61. The van der Waals surface area contributed by atoms with E-state index in [4.69, 9.17) is 4.84 Å². The van der Waals surface area contributed by atoms with Crippen LogP contribution in [0.2, 0.25) is 0 Å². The van der Waals surface area contributed by atoms with Gasteiger partial charge in [0.25, 0.3) is 5.91 Å². The Bertz CT molecular complexity index is 1420. The molecule has 1 amide bonds. The summed E-state index contributed by atoms with van der Waals surface area (Å²) in [5.41, 5.74) is 2.30. The highest BCUT2D eigenvalue weighted by Gasteiger charge is 2.43. The van der Waals surface area contributed by atoms with Gasteiger partial charge in [-0.3, -0.25) is 9.78 Å². The molecule has 39 heavy (non-hydrogen) atoms. The molecule has 0 aliphatic carbocycles. The van der Waals surface area contributed by atoms with Crippen LogP contribution in [0.15, 0.2) is 48.7 Å². The molecule has 0 bridgehead atoms. The van der Waals surface area contributed by atoms with E-state index in [1.807, 2.05) is 11.0 Å². The van der Waals surface area contributed by atoms with E-state index in [9.17, 15) is 28.0 Å². The SMILES string of the molecule is N#Cc1cc(-c2ccnc(-c3ccc(C(=O)N4CCCC4)cc3)c2)n(OC(=O)C(F)(F)F)c1N1CCNCC1. The molecule has 0 unspecified atom stereocenters. The number of carbonyl (C=O) groups excluding carboxylic acids is 2. The molecule has 0 radical (unpaired) electrons. The Morgan fingerprint density at radius 1 is 0.974 bits per heavy atom. The monoisotopic (exact) mass is 538 g/mol. The van der Waals surface area contributed by atoms with Gasteiger partial charge >= 0.3 is 12.1 Å². The van der Waals surface area contributed by atoms with Gasteiger partial charge in [0, 0.05) is 62.2 Å². The van der Waals surface area contributed by atoms with Crippen molar-refractivity contribution in [2.75, 3.05) is 44.2 Å². The molecule has 5 rings (SSSR count). The van der Waals surface area contributed by atoms with Crippen LogP contribution in [0.3, 0.4) is 0 Å². The maximum atomic E-state index is 13.2. The van der Waals surface area contributed by atoms with Gasteiger partial charge in [-0.15, -0.1) is 0 Å². The zero-order valence-electron chi connectivity index (χ0n) is 20.9. The Hall–Kier alpha value is -4.37. The molecule has 4 heterocycles. The molecule has 9 nitrogen and oxygen atoms in total. The summed E-state index contributed by atoms with van der Waals surface area (Å²) in [6, 6.07) is 13.6. The number of nitriles is 1. The Labute approximate surface area is 222 Å². The van der Waals surface area contributed by atoms with E-state index in [0.29, 0.717) is 48.6 Å². The van der Waals surface area contributed by atoms with Gasteiger partial charge in [0.15, 0.2) is 5.82 Å². The normalized spacial score (nSPS) is 15.7. The summed E-state index contributed by atoms with van der Waals surface area (Å²) in [6.45, 7) is 3.40. The number of pyridine rings is 1. The molecular formula is C27H25F3N6O3. The lowest BCUT2D eigenvalue weighted by atomic mass is 10.1. The van der Waals surface area contributed by atoms with E-state index in [0.717, 1.165) is 30.7 Å². The summed E-state index contributed by atoms with van der Waals surface area (Å²) in [4.78, 5) is 37.3. The summed E-state index contributed by atoms with van der Waals surface area (Å²) in [5, 5.41) is 12.9. The zero-order valence-corrected chi connectivity index (χ0v) is 20.9. The van der Waals surface area contributed by atoms with Gasteiger partial charge in [0.2, 0.25) is 0 Å². The maximum absolute atomic E-state index is 13.2. The number of hydrogen-bond acceptors (Lipinski definition) is 7. The third-order valence-electron chi connectivity index (χ3n) is 6.75. The van der Waals surface area contributed by atoms with E-state index < -0.39 is 12.1 Å². The molecule has 202 valence electrons. The number of benzene rings is 1. The first-order valence-corrected chi connectivity index (χ1v) is 12.5. The lowest BCUT2D eigenvalue weighted by molar-refractivity contribution is -0.199. The number of piperazine rings is 1. The Morgan fingerprint density at radius 2 is 1.67 bits per heavy atom. The summed E-state index contributed by atoms with van der Waals surface area (Å²) in [7, 11) is 0. The summed E-state index contributed by atoms with van der Waals surface area (Å²) in [5.74, 6) is -2.35. The van der Waals surface area contributed by atoms with Crippen molar-refractivity contribution < 1.29 is 27.6 Å². The summed E-state index contributed by atoms with van der Waals surface area (Å²) < 4.78 is 40.4. The van der Waals surface area contributed by atoms with Crippen molar-refractivity contribution in [2.24, 2.45) is 0 Å². The van der Waals surface area contributed by atoms with Crippen LogP contribution in [0.4, 0.5) is 19.0 Å². The minimum absolute atomic E-state index is 0.0328. The molecule has 0 saturated carbocycles. The molecule has 2 aliphatic heterocycles. The van der Waals surface area contributed by atoms with Crippen LogP contribution in [0.5, 0.6) is 0 Å². The third kappa shape index (κ3) is 5.44. The van der Waals surface area contributed by atoms with Crippen molar-refractivity contribution in [3.63, 3.8) is 0 Å². The Kier molecular flexibility index (Phi) is 7.26. The zero-order chi connectivity index (χ0) is 27.6. The van der Waals surface area contributed by atoms with Crippen LogP contribution in [0, 0.1) is 11.3 Å². The van der Waals surface area contributed by atoms with Gasteiger partial charge in [-0.2, -0.15) is 23.2 Å². The van der Waals surface area contributed by atoms with Gasteiger partial charge < -0.3 is 20.0 Å². The molecule has 1 aromatic carbocycles. The summed E-state index contributed by atoms with van der Waals surface area (Å²) >= 11 is 0. The highest BCUT2D eigenvalue weighted by molar-refractivity contribution is 5.94. The molecule has 3 aromatic rings. The first-order valence-electron chi connectivity index (χ1n) is 12.5. The predicted octanol–water partition coefficient (Wildman–Crippen LogP) is 3.25. The second kappa shape index (κ2) is 10.8. The molecule has 0 atom stereocenters. The molecule has 12 heteroatoms. The van der Waals surface area contributed by atoms with Gasteiger partial charge in [0.1, 0.15) is 6.07 Å². The number of nitrogens with zero attached hydrogens (tertiary/aromatic N) is 5. The van der Waals surface area contributed by atoms with Crippen molar-refractivity contribution in [3.8, 4) is 28.6 Å². The van der Waals surface area contributed by atoms with Crippen LogP contribution in [0.1, 0.15) is 28.8 Å². The molecule has 2 aromatic heterocycles. The topological polar surface area (TPSA) is 103 Å². The Morgan fingerprint density at radius 3 is 2.31 bits per heavy atom. The van der Waals surface area contributed by atoms with Gasteiger partial charge in [-0.05, 0) is 43.2 Å². The fourth-order valence-electron chi connectivity index (χ4n) is 4.80. The van der Waals surface area contributed by atoms with Gasteiger partial charge in [-0.1, -0.05) is 12.1 Å². The smallest absolute Gasteiger partial charge is 0.352 e. The number of aromatic nitrogens is 2. The lowest BCUT2D eigenvalue weighted by Gasteiger charge is -2.30. The average molecular weight is 539 g/mol. The number of hydrogen-bond donors (Lipinski definition) is 1. The first-order chi connectivity index (χ1) is 18.8. The lowest BCUT2D eigenvalue weighted by Crippen LogP contribution is -2.45. The van der Waals surface area contributed by atoms with Crippen LogP contribution < -0.4 is 15.1 Å². The van der Waals surface area contributed by atoms with E-state index in [1.54, 1.807) is 41.3 Å². The largest absolute Gasteiger partial charge is 0.493 e. The van der Waals surface area contributed by atoms with E-state index >= 15 is 0 Å². The number of alkyl halides is 3. The fourth-order valence-corrected chi connectivity index (χ4v) is 4.80. The second-order valence-corrected chi connectivity index (χ2v) is 9.29. The van der Waals surface area contributed by atoms with Crippen molar-refractivity contribution in [3.05, 3.63) is 59.8 Å². The fraction of sp³-hybridized carbons (Fsp3) is 0.333. The number of rotatable bonds is 5. The van der Waals surface area contributed by atoms with E-state index in [-0.39, 0.29) is 23.0 Å². The van der Waals surface area contributed by atoms with E-state index in [2.05, 4.69) is 10.3 Å². The highest BCUT2D eigenvalue weighted by Crippen LogP contribution is 2.33. The van der Waals surface area contributed by atoms with Gasteiger partial charge in [-0.25, -0.2) is 4.79 Å². The van der Waals surface area contributed by atoms with Crippen molar-refractivity contribution >= 4 is 17.7 Å². The summed E-state index contributed by atoms with van der Waals surface area (Å²) in [6.07, 6.45) is -1.77. The number of likely N-dealkylation sites (tertiary alicyclic amines) is 1. The van der Waals surface area contributed by atoms with Crippen molar-refractivity contribution in [2.45, 2.75) is 19.0 Å². The molecule has 1 N–H and O–H groups in total. The second-order valence-electron chi connectivity index (χ2n) is 9.29. The highest BCUT2D eigenvalue weighted by atomic mass is 19.4. The van der Waals surface area contributed by atoms with E-state index in [1.165, 1.54) is 12.3 Å². The number of halogens is 3.